The molecule has 1 amide bonds. The second-order valence-electron chi connectivity index (χ2n) is 4.75. The number of hydrazone groups is 1. The van der Waals surface area contributed by atoms with Gasteiger partial charge in [0.1, 0.15) is 5.75 Å². The van der Waals surface area contributed by atoms with Crippen molar-refractivity contribution < 1.29 is 9.53 Å². The molecule has 2 aromatic rings. The molecule has 1 aromatic heterocycles. The molecule has 0 radical (unpaired) electrons. The maximum atomic E-state index is 11.9. The van der Waals surface area contributed by atoms with Crippen LogP contribution in [0.1, 0.15) is 42.0 Å². The van der Waals surface area contributed by atoms with Crippen molar-refractivity contribution in [1.29, 1.82) is 0 Å². The van der Waals surface area contributed by atoms with Gasteiger partial charge in [0.2, 0.25) is 0 Å². The Labute approximate surface area is 129 Å². The SMILES string of the molecule is CCOc1ccc(/C(CC)=N/NC(=O)c2cc(C)[nH]n2)cc1. The number of aryl methyl sites for hydroxylation is 1. The first-order valence-electron chi connectivity index (χ1n) is 7.26. The van der Waals surface area contributed by atoms with E-state index in [2.05, 4.69) is 20.7 Å². The quantitative estimate of drug-likeness (QED) is 0.636. The first kappa shape index (κ1) is 15.8. The minimum absolute atomic E-state index is 0.323. The number of carbonyl (C=O) groups excluding carboxylic acids is 1. The van der Waals surface area contributed by atoms with Crippen LogP contribution < -0.4 is 10.2 Å². The third kappa shape index (κ3) is 3.94. The second-order valence-corrected chi connectivity index (χ2v) is 4.75. The van der Waals surface area contributed by atoms with E-state index in [1.54, 1.807) is 6.07 Å². The van der Waals surface area contributed by atoms with Gasteiger partial charge in [-0.05, 0) is 56.2 Å². The third-order valence-corrected chi connectivity index (χ3v) is 3.06. The molecule has 1 heterocycles. The predicted octanol–water partition coefficient (Wildman–Crippen LogP) is 2.66. The van der Waals surface area contributed by atoms with E-state index in [1.165, 1.54) is 0 Å². The van der Waals surface area contributed by atoms with Crippen LogP contribution in [0.3, 0.4) is 0 Å². The molecule has 2 N–H and O–H groups in total. The summed E-state index contributed by atoms with van der Waals surface area (Å²) in [6, 6.07) is 9.31. The standard InChI is InChI=1S/C16H20N4O2/c1-4-14(12-6-8-13(9-7-12)22-5-2)18-20-16(21)15-10-11(3)17-19-15/h6-10H,4-5H2,1-3H3,(H,17,19)(H,20,21)/b18-14+. The topological polar surface area (TPSA) is 79.4 Å². The van der Waals surface area contributed by atoms with Crippen LogP contribution in [0.4, 0.5) is 0 Å². The summed E-state index contributed by atoms with van der Waals surface area (Å²) in [6.07, 6.45) is 0.702. The predicted molar refractivity (Wildman–Crippen MR) is 85.2 cm³/mol. The lowest BCUT2D eigenvalue weighted by molar-refractivity contribution is 0.0950. The van der Waals surface area contributed by atoms with Crippen molar-refractivity contribution in [3.8, 4) is 5.75 Å². The van der Waals surface area contributed by atoms with Crippen molar-refractivity contribution >= 4 is 11.6 Å². The zero-order valence-electron chi connectivity index (χ0n) is 13.0. The monoisotopic (exact) mass is 300 g/mol. The van der Waals surface area contributed by atoms with Gasteiger partial charge in [0.15, 0.2) is 5.69 Å². The van der Waals surface area contributed by atoms with Gasteiger partial charge in [-0.1, -0.05) is 6.92 Å². The zero-order chi connectivity index (χ0) is 15.9. The van der Waals surface area contributed by atoms with Crippen LogP contribution >= 0.6 is 0 Å². The molecule has 0 spiro atoms. The summed E-state index contributed by atoms with van der Waals surface area (Å²) >= 11 is 0. The number of carbonyl (C=O) groups is 1. The maximum Gasteiger partial charge on any atom is 0.291 e. The van der Waals surface area contributed by atoms with E-state index < -0.39 is 0 Å². The average Bonchev–Trinajstić information content (AvgIpc) is 2.96. The Balaban J connectivity index is 2.08. The van der Waals surface area contributed by atoms with Crippen LogP contribution in [-0.2, 0) is 0 Å². The Morgan fingerprint density at radius 3 is 2.59 bits per heavy atom. The number of nitrogens with zero attached hydrogens (tertiary/aromatic N) is 2. The highest BCUT2D eigenvalue weighted by atomic mass is 16.5. The Bertz CT molecular complexity index is 659. The highest BCUT2D eigenvalue weighted by Gasteiger charge is 2.09. The number of aromatic nitrogens is 2. The normalized spacial score (nSPS) is 11.3. The minimum Gasteiger partial charge on any atom is -0.494 e. The molecule has 0 saturated carbocycles. The molecule has 0 fully saturated rings. The minimum atomic E-state index is -0.332. The van der Waals surface area contributed by atoms with Crippen LogP contribution in [-0.4, -0.2) is 28.4 Å². The van der Waals surface area contributed by atoms with Gasteiger partial charge in [-0.25, -0.2) is 5.43 Å². The second kappa shape index (κ2) is 7.40. The summed E-state index contributed by atoms with van der Waals surface area (Å²) in [7, 11) is 0. The summed E-state index contributed by atoms with van der Waals surface area (Å²) in [6.45, 7) is 6.40. The number of benzene rings is 1. The molecular formula is C16H20N4O2. The molecule has 116 valence electrons. The largest absolute Gasteiger partial charge is 0.494 e. The van der Waals surface area contributed by atoms with Crippen LogP contribution in [0.25, 0.3) is 0 Å². The van der Waals surface area contributed by atoms with E-state index in [4.69, 9.17) is 4.74 Å². The molecule has 2 rings (SSSR count). The lowest BCUT2D eigenvalue weighted by Crippen LogP contribution is -2.20. The Kier molecular flexibility index (Phi) is 5.30. The number of rotatable bonds is 6. The molecule has 1 aromatic carbocycles. The molecule has 6 nitrogen and oxygen atoms in total. The van der Waals surface area contributed by atoms with Crippen molar-refractivity contribution in [2.75, 3.05) is 6.61 Å². The number of aromatic amines is 1. The van der Waals surface area contributed by atoms with E-state index in [1.807, 2.05) is 45.0 Å². The smallest absolute Gasteiger partial charge is 0.291 e. The van der Waals surface area contributed by atoms with Gasteiger partial charge in [0.25, 0.3) is 5.91 Å². The van der Waals surface area contributed by atoms with Gasteiger partial charge >= 0.3 is 0 Å². The van der Waals surface area contributed by atoms with Gasteiger partial charge in [-0.15, -0.1) is 0 Å². The van der Waals surface area contributed by atoms with Gasteiger partial charge in [0, 0.05) is 5.69 Å². The highest BCUT2D eigenvalue weighted by Crippen LogP contribution is 2.13. The molecule has 0 unspecified atom stereocenters. The summed E-state index contributed by atoms with van der Waals surface area (Å²) in [5, 5.41) is 10.8. The first-order valence-corrected chi connectivity index (χ1v) is 7.26. The molecule has 6 heteroatoms. The van der Waals surface area contributed by atoms with E-state index in [0.29, 0.717) is 18.7 Å². The van der Waals surface area contributed by atoms with Gasteiger partial charge in [0.05, 0.1) is 12.3 Å². The Morgan fingerprint density at radius 1 is 1.32 bits per heavy atom. The third-order valence-electron chi connectivity index (χ3n) is 3.06. The van der Waals surface area contributed by atoms with Crippen molar-refractivity contribution in [3.05, 3.63) is 47.3 Å². The molecule has 0 aliphatic rings. The molecule has 0 atom stereocenters. The molecular weight excluding hydrogens is 280 g/mol. The summed E-state index contributed by atoms with van der Waals surface area (Å²) < 4.78 is 5.41. The fourth-order valence-corrected chi connectivity index (χ4v) is 1.97. The molecule has 0 aliphatic carbocycles. The number of hydrogen-bond acceptors (Lipinski definition) is 4. The van der Waals surface area contributed by atoms with Crippen LogP contribution in [0.2, 0.25) is 0 Å². The van der Waals surface area contributed by atoms with E-state index in [9.17, 15) is 4.79 Å². The molecule has 0 bridgehead atoms. The highest BCUT2D eigenvalue weighted by molar-refractivity contribution is 6.01. The Hall–Kier alpha value is -2.63. The maximum absolute atomic E-state index is 11.9. The van der Waals surface area contributed by atoms with Crippen molar-refractivity contribution in [2.24, 2.45) is 5.10 Å². The lowest BCUT2D eigenvalue weighted by Gasteiger charge is -2.07. The van der Waals surface area contributed by atoms with E-state index >= 15 is 0 Å². The first-order chi connectivity index (χ1) is 10.6. The fourth-order valence-electron chi connectivity index (χ4n) is 1.97. The number of ether oxygens (including phenoxy) is 1. The van der Waals surface area contributed by atoms with Gasteiger partial charge < -0.3 is 4.74 Å². The van der Waals surface area contributed by atoms with Crippen LogP contribution in [0.15, 0.2) is 35.4 Å². The number of hydrogen-bond donors (Lipinski definition) is 2. The van der Waals surface area contributed by atoms with Crippen molar-refractivity contribution in [2.45, 2.75) is 27.2 Å². The number of amides is 1. The Morgan fingerprint density at radius 2 is 2.05 bits per heavy atom. The number of H-pyrrole nitrogens is 1. The van der Waals surface area contributed by atoms with Crippen LogP contribution in [0, 0.1) is 6.92 Å². The summed E-state index contributed by atoms with van der Waals surface area (Å²) in [5.74, 6) is 0.485. The molecule has 0 saturated heterocycles. The average molecular weight is 300 g/mol. The lowest BCUT2D eigenvalue weighted by atomic mass is 10.1. The van der Waals surface area contributed by atoms with Gasteiger partial charge in [-0.3, -0.25) is 9.89 Å². The summed E-state index contributed by atoms with van der Waals surface area (Å²) in [4.78, 5) is 11.9. The van der Waals surface area contributed by atoms with Gasteiger partial charge in [-0.2, -0.15) is 10.2 Å². The van der Waals surface area contributed by atoms with E-state index in [0.717, 1.165) is 22.7 Å². The van der Waals surface area contributed by atoms with Crippen LogP contribution in [0.5, 0.6) is 5.75 Å². The van der Waals surface area contributed by atoms with Crippen molar-refractivity contribution in [3.63, 3.8) is 0 Å². The zero-order valence-corrected chi connectivity index (χ0v) is 13.0. The van der Waals surface area contributed by atoms with E-state index in [-0.39, 0.29) is 5.91 Å². The molecule has 0 aliphatic heterocycles. The molecule has 22 heavy (non-hydrogen) atoms. The van der Waals surface area contributed by atoms with Crippen molar-refractivity contribution in [1.82, 2.24) is 15.6 Å². The summed E-state index contributed by atoms with van der Waals surface area (Å²) in [5.41, 5.74) is 5.43. The fraction of sp³-hybridized carbons (Fsp3) is 0.312. The number of nitrogens with one attached hydrogen (secondary N) is 2.